The van der Waals surface area contributed by atoms with Crippen molar-refractivity contribution in [1.82, 2.24) is 20.3 Å². The summed E-state index contributed by atoms with van der Waals surface area (Å²) < 4.78 is 11.1. The number of aromatic amines is 1. The number of aryl methyl sites for hydroxylation is 1. The molecular formula is C21H22N4O4. The van der Waals surface area contributed by atoms with E-state index in [2.05, 4.69) is 20.3 Å². The fraction of sp³-hybridized carbons (Fsp3) is 0.333. The molecular weight excluding hydrogens is 372 g/mol. The molecule has 8 nitrogen and oxygen atoms in total. The average molecular weight is 394 g/mol. The molecule has 1 aliphatic rings. The van der Waals surface area contributed by atoms with Crippen LogP contribution in [0.4, 0.5) is 0 Å². The van der Waals surface area contributed by atoms with Gasteiger partial charge >= 0.3 is 0 Å². The lowest BCUT2D eigenvalue weighted by Gasteiger charge is -2.11. The van der Waals surface area contributed by atoms with Crippen LogP contribution in [0.2, 0.25) is 0 Å². The molecule has 150 valence electrons. The van der Waals surface area contributed by atoms with E-state index in [1.807, 2.05) is 19.1 Å². The van der Waals surface area contributed by atoms with Gasteiger partial charge in [-0.15, -0.1) is 0 Å². The molecule has 8 heteroatoms. The van der Waals surface area contributed by atoms with Gasteiger partial charge in [0.2, 0.25) is 5.88 Å². The SMILES string of the molecule is Cc1cccc2nc(C(=O)NCc3ccnc(OCC4CCOC4)c3)[nH]c(=O)c12. The van der Waals surface area contributed by atoms with Gasteiger partial charge in [0, 0.05) is 31.3 Å². The zero-order valence-corrected chi connectivity index (χ0v) is 16.1. The first-order chi connectivity index (χ1) is 14.1. The molecule has 0 radical (unpaired) electrons. The van der Waals surface area contributed by atoms with Crippen LogP contribution < -0.4 is 15.6 Å². The summed E-state index contributed by atoms with van der Waals surface area (Å²) in [4.78, 5) is 35.8. The first-order valence-electron chi connectivity index (χ1n) is 9.53. The number of carbonyl (C=O) groups is 1. The van der Waals surface area contributed by atoms with E-state index in [1.165, 1.54) is 0 Å². The molecule has 1 aliphatic heterocycles. The molecule has 3 aromatic rings. The largest absolute Gasteiger partial charge is 0.477 e. The van der Waals surface area contributed by atoms with Crippen LogP contribution in [0.3, 0.4) is 0 Å². The van der Waals surface area contributed by atoms with Crippen molar-refractivity contribution < 1.29 is 14.3 Å². The Hall–Kier alpha value is -3.26. The normalized spacial score (nSPS) is 16.1. The predicted octanol–water partition coefficient (Wildman–Crippen LogP) is 1.97. The van der Waals surface area contributed by atoms with Crippen LogP contribution >= 0.6 is 0 Å². The first kappa shape index (κ1) is 19.1. The molecule has 1 amide bonds. The van der Waals surface area contributed by atoms with Crippen LogP contribution in [0.15, 0.2) is 41.3 Å². The topological polar surface area (TPSA) is 106 Å². The standard InChI is InChI=1S/C21H22N4O4/c1-13-3-2-4-16-18(13)20(26)25-19(24-16)21(27)23-10-14-5-7-22-17(9-14)29-12-15-6-8-28-11-15/h2-5,7,9,15H,6,8,10-12H2,1H3,(H,23,27)(H,24,25,26). The molecule has 1 unspecified atom stereocenters. The molecule has 0 spiro atoms. The quantitative estimate of drug-likeness (QED) is 0.662. The summed E-state index contributed by atoms with van der Waals surface area (Å²) in [7, 11) is 0. The minimum atomic E-state index is -0.451. The number of aromatic nitrogens is 3. The van der Waals surface area contributed by atoms with Crippen molar-refractivity contribution >= 4 is 16.8 Å². The van der Waals surface area contributed by atoms with Crippen LogP contribution in [0.5, 0.6) is 5.88 Å². The molecule has 1 atom stereocenters. The maximum atomic E-state index is 12.5. The third kappa shape index (κ3) is 4.43. The van der Waals surface area contributed by atoms with Gasteiger partial charge in [-0.05, 0) is 36.6 Å². The number of benzene rings is 1. The van der Waals surface area contributed by atoms with E-state index in [-0.39, 0.29) is 17.9 Å². The van der Waals surface area contributed by atoms with Gasteiger partial charge in [0.25, 0.3) is 11.5 Å². The second-order valence-corrected chi connectivity index (χ2v) is 7.11. The van der Waals surface area contributed by atoms with Crippen molar-refractivity contribution in [3.63, 3.8) is 0 Å². The number of ether oxygens (including phenoxy) is 2. The Labute approximate surface area is 167 Å². The van der Waals surface area contributed by atoms with Gasteiger partial charge < -0.3 is 19.8 Å². The van der Waals surface area contributed by atoms with E-state index in [1.54, 1.807) is 24.4 Å². The zero-order chi connectivity index (χ0) is 20.2. The molecule has 1 fully saturated rings. The van der Waals surface area contributed by atoms with Gasteiger partial charge in [0.1, 0.15) is 0 Å². The van der Waals surface area contributed by atoms with E-state index < -0.39 is 5.91 Å². The number of fused-ring (bicyclic) bond motifs is 1. The van der Waals surface area contributed by atoms with Gasteiger partial charge in [-0.25, -0.2) is 9.97 Å². The summed E-state index contributed by atoms with van der Waals surface area (Å²) in [6, 6.07) is 8.95. The van der Waals surface area contributed by atoms with E-state index in [0.29, 0.717) is 35.9 Å². The van der Waals surface area contributed by atoms with E-state index >= 15 is 0 Å². The summed E-state index contributed by atoms with van der Waals surface area (Å²) in [6.07, 6.45) is 2.63. The van der Waals surface area contributed by atoms with Gasteiger partial charge in [-0.2, -0.15) is 0 Å². The third-order valence-electron chi connectivity index (χ3n) is 4.90. The smallest absolute Gasteiger partial charge is 0.287 e. The third-order valence-corrected chi connectivity index (χ3v) is 4.90. The Morgan fingerprint density at radius 1 is 1.38 bits per heavy atom. The van der Waals surface area contributed by atoms with Crippen molar-refractivity contribution in [2.45, 2.75) is 19.9 Å². The monoisotopic (exact) mass is 394 g/mol. The number of hydrogen-bond acceptors (Lipinski definition) is 6. The summed E-state index contributed by atoms with van der Waals surface area (Å²) >= 11 is 0. The fourth-order valence-electron chi connectivity index (χ4n) is 3.29. The van der Waals surface area contributed by atoms with Gasteiger partial charge in [0.15, 0.2) is 5.82 Å². The van der Waals surface area contributed by atoms with E-state index in [0.717, 1.165) is 24.2 Å². The van der Waals surface area contributed by atoms with Crippen molar-refractivity contribution in [1.29, 1.82) is 0 Å². The highest BCUT2D eigenvalue weighted by molar-refractivity contribution is 5.93. The molecule has 29 heavy (non-hydrogen) atoms. The Morgan fingerprint density at radius 2 is 2.28 bits per heavy atom. The van der Waals surface area contributed by atoms with Gasteiger partial charge in [0.05, 0.1) is 24.1 Å². The highest BCUT2D eigenvalue weighted by atomic mass is 16.5. The molecule has 2 N–H and O–H groups in total. The van der Waals surface area contributed by atoms with Gasteiger partial charge in [-0.3, -0.25) is 9.59 Å². The summed E-state index contributed by atoms with van der Waals surface area (Å²) in [5, 5.41) is 3.26. The maximum Gasteiger partial charge on any atom is 0.287 e. The predicted molar refractivity (Wildman–Crippen MR) is 107 cm³/mol. The van der Waals surface area contributed by atoms with Crippen LogP contribution in [0.25, 0.3) is 10.9 Å². The number of carbonyl (C=O) groups excluding carboxylic acids is 1. The Kier molecular flexibility index (Phi) is 5.53. The average Bonchev–Trinajstić information content (AvgIpc) is 3.24. The minimum absolute atomic E-state index is 0.0140. The minimum Gasteiger partial charge on any atom is -0.477 e. The number of H-pyrrole nitrogens is 1. The molecule has 1 saturated heterocycles. The van der Waals surface area contributed by atoms with Gasteiger partial charge in [-0.1, -0.05) is 12.1 Å². The molecule has 4 rings (SSSR count). The van der Waals surface area contributed by atoms with E-state index in [4.69, 9.17) is 9.47 Å². The highest BCUT2D eigenvalue weighted by Gasteiger charge is 2.17. The van der Waals surface area contributed by atoms with E-state index in [9.17, 15) is 9.59 Å². The van der Waals surface area contributed by atoms with Crippen molar-refractivity contribution in [2.24, 2.45) is 5.92 Å². The van der Waals surface area contributed by atoms with Crippen molar-refractivity contribution in [3.8, 4) is 5.88 Å². The second-order valence-electron chi connectivity index (χ2n) is 7.11. The van der Waals surface area contributed by atoms with Crippen molar-refractivity contribution in [2.75, 3.05) is 19.8 Å². The fourth-order valence-corrected chi connectivity index (χ4v) is 3.29. The lowest BCUT2D eigenvalue weighted by Crippen LogP contribution is -2.27. The Bertz CT molecular complexity index is 1090. The number of pyridine rings is 1. The lowest BCUT2D eigenvalue weighted by molar-refractivity contribution is 0.0940. The summed E-state index contributed by atoms with van der Waals surface area (Å²) in [5.41, 5.74) is 1.82. The first-order valence-corrected chi connectivity index (χ1v) is 9.53. The molecule has 0 aliphatic carbocycles. The summed E-state index contributed by atoms with van der Waals surface area (Å²) in [6.45, 7) is 4.15. The van der Waals surface area contributed by atoms with Crippen LogP contribution in [-0.4, -0.2) is 40.7 Å². The molecule has 0 bridgehead atoms. The number of nitrogens with one attached hydrogen (secondary N) is 2. The summed E-state index contributed by atoms with van der Waals surface area (Å²) in [5.74, 6) is 0.434. The molecule has 2 aromatic heterocycles. The van der Waals surface area contributed by atoms with Crippen LogP contribution in [0, 0.1) is 12.8 Å². The number of nitrogens with zero attached hydrogens (tertiary/aromatic N) is 2. The van der Waals surface area contributed by atoms with Crippen molar-refractivity contribution in [3.05, 3.63) is 63.8 Å². The number of rotatable bonds is 6. The Morgan fingerprint density at radius 3 is 3.10 bits per heavy atom. The second kappa shape index (κ2) is 8.40. The van der Waals surface area contributed by atoms with Crippen LogP contribution in [0.1, 0.15) is 28.2 Å². The maximum absolute atomic E-state index is 12.5. The number of amides is 1. The molecule has 0 saturated carbocycles. The van der Waals surface area contributed by atoms with Crippen LogP contribution in [-0.2, 0) is 11.3 Å². The zero-order valence-electron chi connectivity index (χ0n) is 16.1. The molecule has 1 aromatic carbocycles. The highest BCUT2D eigenvalue weighted by Crippen LogP contribution is 2.16. The number of hydrogen-bond donors (Lipinski definition) is 2. The Balaban J connectivity index is 1.41. The lowest BCUT2D eigenvalue weighted by atomic mass is 10.1. The molecule has 3 heterocycles.